The molecule has 0 saturated carbocycles. The second-order valence-corrected chi connectivity index (χ2v) is 4.28. The van der Waals surface area contributed by atoms with Gasteiger partial charge in [0.05, 0.1) is 5.92 Å². The summed E-state index contributed by atoms with van der Waals surface area (Å²) in [7, 11) is 0. The number of primary amides is 1. The number of hydrogen-bond acceptors (Lipinski definition) is 2. The van der Waals surface area contributed by atoms with Crippen LogP contribution in [0.5, 0.6) is 0 Å². The van der Waals surface area contributed by atoms with Gasteiger partial charge in [-0.25, -0.2) is 0 Å². The standard InChI is InChI=1S/C10H18N2O.2ClH/c1-2-8-9(10(11)13)7-3-5-12(8)6-4-7;;/h7-9H,2-6H2,1H3,(H2,11,13);2*1H. The Kier molecular flexibility index (Phi) is 5.93. The molecule has 0 aromatic carbocycles. The van der Waals surface area contributed by atoms with E-state index in [4.69, 9.17) is 5.73 Å². The van der Waals surface area contributed by atoms with Crippen molar-refractivity contribution in [1.29, 1.82) is 0 Å². The van der Waals surface area contributed by atoms with Crippen LogP contribution in [0.1, 0.15) is 26.2 Å². The molecule has 2 unspecified atom stereocenters. The lowest BCUT2D eigenvalue weighted by Crippen LogP contribution is -2.58. The number of nitrogens with zero attached hydrogens (tertiary/aromatic N) is 1. The molecule has 0 aromatic rings. The highest BCUT2D eigenvalue weighted by Gasteiger charge is 2.43. The zero-order valence-corrected chi connectivity index (χ0v) is 10.6. The van der Waals surface area contributed by atoms with E-state index < -0.39 is 0 Å². The van der Waals surface area contributed by atoms with Gasteiger partial charge in [-0.2, -0.15) is 0 Å². The van der Waals surface area contributed by atoms with Crippen molar-refractivity contribution in [2.24, 2.45) is 17.6 Å². The van der Waals surface area contributed by atoms with Crippen LogP contribution in [0.2, 0.25) is 0 Å². The summed E-state index contributed by atoms with van der Waals surface area (Å²) in [5.74, 6) is 0.626. The van der Waals surface area contributed by atoms with Gasteiger partial charge in [-0.05, 0) is 38.3 Å². The second kappa shape index (κ2) is 5.92. The summed E-state index contributed by atoms with van der Waals surface area (Å²) >= 11 is 0. The molecule has 90 valence electrons. The minimum atomic E-state index is -0.0822. The molecule has 0 aromatic heterocycles. The predicted octanol–water partition coefficient (Wildman–Crippen LogP) is 1.44. The average molecular weight is 255 g/mol. The molecule has 3 aliphatic rings. The number of nitrogens with two attached hydrogens (primary N) is 1. The fraction of sp³-hybridized carbons (Fsp3) is 0.900. The fourth-order valence-electron chi connectivity index (χ4n) is 3.09. The van der Waals surface area contributed by atoms with Crippen molar-refractivity contribution in [3.8, 4) is 0 Å². The summed E-state index contributed by atoms with van der Waals surface area (Å²) in [6, 6.07) is 0.435. The van der Waals surface area contributed by atoms with Gasteiger partial charge in [-0.15, -0.1) is 24.8 Å². The average Bonchev–Trinajstić information content (AvgIpc) is 2.17. The summed E-state index contributed by atoms with van der Waals surface area (Å²) in [5.41, 5.74) is 5.45. The van der Waals surface area contributed by atoms with Crippen LogP contribution < -0.4 is 5.73 Å². The number of amides is 1. The van der Waals surface area contributed by atoms with Crippen LogP contribution in [0.15, 0.2) is 0 Å². The molecule has 3 heterocycles. The van der Waals surface area contributed by atoms with Crippen LogP contribution in [0.4, 0.5) is 0 Å². The lowest BCUT2D eigenvalue weighted by Gasteiger charge is -2.49. The Bertz CT molecular complexity index is 217. The SMILES string of the molecule is CCC1C(C(N)=O)C2CCN1CC2.Cl.Cl. The van der Waals surface area contributed by atoms with Gasteiger partial charge in [0.25, 0.3) is 0 Å². The van der Waals surface area contributed by atoms with Gasteiger partial charge in [0.1, 0.15) is 0 Å². The molecule has 1 amide bonds. The van der Waals surface area contributed by atoms with Crippen molar-refractivity contribution in [3.05, 3.63) is 0 Å². The molecule has 2 N–H and O–H groups in total. The molecule has 3 aliphatic heterocycles. The second-order valence-electron chi connectivity index (χ2n) is 4.28. The van der Waals surface area contributed by atoms with Crippen molar-refractivity contribution >= 4 is 30.7 Å². The van der Waals surface area contributed by atoms with Crippen LogP contribution in [0, 0.1) is 11.8 Å². The Balaban J connectivity index is 0.000000980. The van der Waals surface area contributed by atoms with E-state index in [-0.39, 0.29) is 36.6 Å². The van der Waals surface area contributed by atoms with Gasteiger partial charge in [-0.1, -0.05) is 6.92 Å². The number of piperidine rings is 3. The largest absolute Gasteiger partial charge is 0.369 e. The topological polar surface area (TPSA) is 46.3 Å². The lowest BCUT2D eigenvalue weighted by atomic mass is 9.72. The Morgan fingerprint density at radius 1 is 1.33 bits per heavy atom. The first-order valence-corrected chi connectivity index (χ1v) is 5.27. The highest BCUT2D eigenvalue weighted by atomic mass is 35.5. The molecule has 3 saturated heterocycles. The minimum Gasteiger partial charge on any atom is -0.369 e. The van der Waals surface area contributed by atoms with Crippen LogP contribution >= 0.6 is 24.8 Å². The summed E-state index contributed by atoms with van der Waals surface area (Å²) in [6.45, 7) is 4.50. The third-order valence-electron chi connectivity index (χ3n) is 3.71. The molecule has 3 fully saturated rings. The molecule has 3 rings (SSSR count). The highest BCUT2D eigenvalue weighted by molar-refractivity contribution is 5.85. The van der Waals surface area contributed by atoms with Crippen molar-refractivity contribution in [2.75, 3.05) is 13.1 Å². The normalized spacial score (nSPS) is 37.7. The maximum absolute atomic E-state index is 11.3. The molecule has 0 radical (unpaired) electrons. The molecular formula is C10H20Cl2N2O. The number of carbonyl (C=O) groups excluding carboxylic acids is 1. The first-order valence-electron chi connectivity index (χ1n) is 5.27. The summed E-state index contributed by atoms with van der Waals surface area (Å²) < 4.78 is 0. The van der Waals surface area contributed by atoms with Gasteiger partial charge >= 0.3 is 0 Å². The van der Waals surface area contributed by atoms with Gasteiger partial charge in [0, 0.05) is 6.04 Å². The quantitative estimate of drug-likeness (QED) is 0.811. The van der Waals surface area contributed by atoms with Gasteiger partial charge < -0.3 is 5.73 Å². The molecule has 3 nitrogen and oxygen atoms in total. The third-order valence-corrected chi connectivity index (χ3v) is 3.71. The number of halogens is 2. The van der Waals surface area contributed by atoms with Crippen LogP contribution in [-0.2, 0) is 4.79 Å². The van der Waals surface area contributed by atoms with E-state index in [1.54, 1.807) is 0 Å². The van der Waals surface area contributed by atoms with E-state index in [1.807, 2.05) is 0 Å². The lowest BCUT2D eigenvalue weighted by molar-refractivity contribution is -0.132. The van der Waals surface area contributed by atoms with Crippen molar-refractivity contribution in [1.82, 2.24) is 4.90 Å². The maximum atomic E-state index is 11.3. The molecular weight excluding hydrogens is 235 g/mol. The number of fused-ring (bicyclic) bond motifs is 3. The minimum absolute atomic E-state index is 0. The number of carbonyl (C=O) groups is 1. The summed E-state index contributed by atoms with van der Waals surface area (Å²) in [5, 5.41) is 0. The van der Waals surface area contributed by atoms with Crippen molar-refractivity contribution < 1.29 is 4.79 Å². The smallest absolute Gasteiger partial charge is 0.222 e. The van der Waals surface area contributed by atoms with E-state index >= 15 is 0 Å². The van der Waals surface area contributed by atoms with Crippen LogP contribution in [-0.4, -0.2) is 29.9 Å². The van der Waals surface area contributed by atoms with E-state index in [0.717, 1.165) is 6.42 Å². The Morgan fingerprint density at radius 3 is 2.20 bits per heavy atom. The molecule has 5 heteroatoms. The highest BCUT2D eigenvalue weighted by Crippen LogP contribution is 2.37. The Hall–Kier alpha value is 0.01000. The predicted molar refractivity (Wildman–Crippen MR) is 65.6 cm³/mol. The number of rotatable bonds is 2. The molecule has 15 heavy (non-hydrogen) atoms. The number of hydrogen-bond donors (Lipinski definition) is 1. The molecule has 2 atom stereocenters. The summed E-state index contributed by atoms with van der Waals surface area (Å²) in [4.78, 5) is 13.7. The first kappa shape index (κ1) is 15.0. The Labute approximate surface area is 104 Å². The van der Waals surface area contributed by atoms with E-state index in [2.05, 4.69) is 11.8 Å². The summed E-state index contributed by atoms with van der Waals surface area (Å²) in [6.07, 6.45) is 3.40. The zero-order valence-electron chi connectivity index (χ0n) is 9.02. The van der Waals surface area contributed by atoms with Gasteiger partial charge in [0.2, 0.25) is 5.91 Å². The third kappa shape index (κ3) is 2.58. The van der Waals surface area contributed by atoms with Gasteiger partial charge in [-0.3, -0.25) is 9.69 Å². The van der Waals surface area contributed by atoms with E-state index in [0.29, 0.717) is 12.0 Å². The first-order chi connectivity index (χ1) is 6.24. The molecule has 2 bridgehead atoms. The van der Waals surface area contributed by atoms with Crippen LogP contribution in [0.25, 0.3) is 0 Å². The van der Waals surface area contributed by atoms with E-state index in [1.165, 1.54) is 25.9 Å². The monoisotopic (exact) mass is 254 g/mol. The van der Waals surface area contributed by atoms with Crippen molar-refractivity contribution in [2.45, 2.75) is 32.2 Å². The maximum Gasteiger partial charge on any atom is 0.222 e. The molecule has 0 aliphatic carbocycles. The van der Waals surface area contributed by atoms with Gasteiger partial charge in [0.15, 0.2) is 0 Å². The van der Waals surface area contributed by atoms with Crippen LogP contribution in [0.3, 0.4) is 0 Å². The van der Waals surface area contributed by atoms with Crippen molar-refractivity contribution in [3.63, 3.8) is 0 Å². The Morgan fingerprint density at radius 2 is 1.87 bits per heavy atom. The molecule has 0 spiro atoms. The van der Waals surface area contributed by atoms with E-state index in [9.17, 15) is 4.79 Å². The zero-order chi connectivity index (χ0) is 9.42. The fourth-order valence-corrected chi connectivity index (χ4v) is 3.09.